The molecule has 0 heterocycles. The van der Waals surface area contributed by atoms with Crippen LogP contribution in [0.3, 0.4) is 0 Å². The first kappa shape index (κ1) is 15.2. The van der Waals surface area contributed by atoms with Crippen molar-refractivity contribution in [2.45, 2.75) is 11.1 Å². The largest absolute Gasteiger partial charge is 0.417 e. The van der Waals surface area contributed by atoms with Gasteiger partial charge in [0.15, 0.2) is 0 Å². The Morgan fingerprint density at radius 1 is 1.33 bits per heavy atom. The van der Waals surface area contributed by atoms with Crippen LogP contribution in [0, 0.1) is 0 Å². The lowest BCUT2D eigenvalue weighted by atomic mass is 10.2. The molecule has 1 rings (SSSR count). The number of nitrogens with two attached hydrogens (primary N) is 1. The summed E-state index contributed by atoms with van der Waals surface area (Å²) in [6.07, 6.45) is -3.45. The van der Waals surface area contributed by atoms with E-state index in [1.165, 1.54) is 12.1 Å². The zero-order valence-electron chi connectivity index (χ0n) is 9.49. The topological polar surface area (TPSA) is 60.2 Å². The van der Waals surface area contributed by atoms with Crippen LogP contribution < -0.4 is 5.73 Å². The summed E-state index contributed by atoms with van der Waals surface area (Å²) in [5, 5.41) is 0. The summed E-state index contributed by atoms with van der Waals surface area (Å²) < 4.78 is 59.9. The van der Waals surface area contributed by atoms with Gasteiger partial charge < -0.3 is 5.73 Å². The summed E-state index contributed by atoms with van der Waals surface area (Å²) in [5.41, 5.74) is 4.51. The standard InChI is InChI=1S/C10H12F3NO2S2/c1-18(15,16)5-4-17-9-3-2-7(14)6-8(9)10(11,12)13/h2-3,6H,4-5,14H2,1H3. The number of rotatable bonds is 4. The maximum Gasteiger partial charge on any atom is 0.417 e. The van der Waals surface area contributed by atoms with Crippen LogP contribution in [-0.2, 0) is 16.0 Å². The number of hydrogen-bond acceptors (Lipinski definition) is 4. The zero-order chi connectivity index (χ0) is 14.0. The van der Waals surface area contributed by atoms with Gasteiger partial charge in [0.1, 0.15) is 9.84 Å². The van der Waals surface area contributed by atoms with Crippen LogP contribution in [-0.4, -0.2) is 26.2 Å². The highest BCUT2D eigenvalue weighted by molar-refractivity contribution is 8.00. The third-order valence-electron chi connectivity index (χ3n) is 2.02. The smallest absolute Gasteiger partial charge is 0.399 e. The van der Waals surface area contributed by atoms with E-state index in [1.807, 2.05) is 0 Å². The number of thioether (sulfide) groups is 1. The van der Waals surface area contributed by atoms with Crippen LogP contribution in [0.5, 0.6) is 0 Å². The normalized spacial score (nSPS) is 12.7. The molecular formula is C10H12F3NO2S2. The number of halogens is 3. The first-order chi connectivity index (χ1) is 8.09. The minimum absolute atomic E-state index is 0.0136. The third kappa shape index (κ3) is 4.77. The predicted octanol–water partition coefficient (Wildman–Crippen LogP) is 2.42. The maximum atomic E-state index is 12.7. The fourth-order valence-electron chi connectivity index (χ4n) is 1.20. The Labute approximate surface area is 107 Å². The lowest BCUT2D eigenvalue weighted by Crippen LogP contribution is -2.09. The van der Waals surface area contributed by atoms with E-state index in [9.17, 15) is 21.6 Å². The van der Waals surface area contributed by atoms with Gasteiger partial charge in [-0.1, -0.05) is 0 Å². The van der Waals surface area contributed by atoms with Crippen LogP contribution >= 0.6 is 11.8 Å². The van der Waals surface area contributed by atoms with Crippen molar-refractivity contribution in [2.75, 3.05) is 23.5 Å². The minimum atomic E-state index is -4.50. The molecule has 8 heteroatoms. The molecule has 102 valence electrons. The molecule has 3 nitrogen and oxygen atoms in total. The van der Waals surface area contributed by atoms with Gasteiger partial charge in [-0.25, -0.2) is 8.42 Å². The number of sulfone groups is 1. The number of hydrogen-bond donors (Lipinski definition) is 1. The SMILES string of the molecule is CS(=O)(=O)CCSc1ccc(N)cc1C(F)(F)F. The van der Waals surface area contributed by atoms with E-state index in [1.54, 1.807) is 0 Å². The number of benzene rings is 1. The van der Waals surface area contributed by atoms with Gasteiger partial charge in [-0.3, -0.25) is 0 Å². The van der Waals surface area contributed by atoms with E-state index in [4.69, 9.17) is 5.73 Å². The van der Waals surface area contributed by atoms with Crippen molar-refractivity contribution in [2.24, 2.45) is 0 Å². The Morgan fingerprint density at radius 3 is 2.44 bits per heavy atom. The highest BCUT2D eigenvalue weighted by atomic mass is 32.2. The number of anilines is 1. The van der Waals surface area contributed by atoms with Gasteiger partial charge in [0.2, 0.25) is 0 Å². The molecule has 0 radical (unpaired) electrons. The van der Waals surface area contributed by atoms with Gasteiger partial charge in [0.05, 0.1) is 11.3 Å². The van der Waals surface area contributed by atoms with Gasteiger partial charge in [0.25, 0.3) is 0 Å². The van der Waals surface area contributed by atoms with Gasteiger partial charge >= 0.3 is 6.18 Å². The average Bonchev–Trinajstić information content (AvgIpc) is 2.17. The lowest BCUT2D eigenvalue weighted by molar-refractivity contribution is -0.139. The molecule has 0 unspecified atom stereocenters. The van der Waals surface area contributed by atoms with Gasteiger partial charge in [-0.15, -0.1) is 11.8 Å². The molecule has 0 aliphatic heterocycles. The molecule has 0 bridgehead atoms. The predicted molar refractivity (Wildman–Crippen MR) is 66.3 cm³/mol. The van der Waals surface area contributed by atoms with Crippen molar-refractivity contribution < 1.29 is 21.6 Å². The summed E-state index contributed by atoms with van der Waals surface area (Å²) >= 11 is 0.855. The fourth-order valence-corrected chi connectivity index (χ4v) is 3.46. The molecule has 0 atom stereocenters. The molecule has 1 aromatic carbocycles. The van der Waals surface area contributed by atoms with Crippen LogP contribution in [0.25, 0.3) is 0 Å². The molecule has 0 saturated carbocycles. The summed E-state index contributed by atoms with van der Waals surface area (Å²) in [6, 6.07) is 3.46. The Bertz CT molecular complexity index is 526. The summed E-state index contributed by atoms with van der Waals surface area (Å²) in [5.74, 6) is -0.0921. The first-order valence-electron chi connectivity index (χ1n) is 4.87. The van der Waals surface area contributed by atoms with Crippen molar-refractivity contribution in [1.82, 2.24) is 0 Å². The monoisotopic (exact) mass is 299 g/mol. The molecule has 0 saturated heterocycles. The maximum absolute atomic E-state index is 12.7. The molecule has 0 amide bonds. The molecule has 18 heavy (non-hydrogen) atoms. The third-order valence-corrected chi connectivity index (χ3v) is 4.30. The van der Waals surface area contributed by atoms with Gasteiger partial charge in [0, 0.05) is 22.6 Å². The lowest BCUT2D eigenvalue weighted by Gasteiger charge is -2.12. The van der Waals surface area contributed by atoms with E-state index in [2.05, 4.69) is 0 Å². The highest BCUT2D eigenvalue weighted by Crippen LogP contribution is 2.37. The van der Waals surface area contributed by atoms with Gasteiger partial charge in [-0.2, -0.15) is 13.2 Å². The second-order valence-corrected chi connectivity index (χ2v) is 7.13. The molecule has 0 spiro atoms. The van der Waals surface area contributed by atoms with E-state index < -0.39 is 21.6 Å². The van der Waals surface area contributed by atoms with Crippen molar-refractivity contribution in [3.05, 3.63) is 23.8 Å². The molecule has 1 aromatic rings. The Balaban J connectivity index is 2.89. The quantitative estimate of drug-likeness (QED) is 0.685. The fraction of sp³-hybridized carbons (Fsp3) is 0.400. The Hall–Kier alpha value is -0.890. The molecule has 0 fully saturated rings. The van der Waals surface area contributed by atoms with Crippen molar-refractivity contribution in [1.29, 1.82) is 0 Å². The van der Waals surface area contributed by atoms with Crippen molar-refractivity contribution in [3.8, 4) is 0 Å². The molecule has 0 aromatic heterocycles. The second kappa shape index (κ2) is 5.40. The van der Waals surface area contributed by atoms with E-state index in [0.717, 1.165) is 24.1 Å². The van der Waals surface area contributed by atoms with Crippen LogP contribution in [0.2, 0.25) is 0 Å². The minimum Gasteiger partial charge on any atom is -0.399 e. The zero-order valence-corrected chi connectivity index (χ0v) is 11.1. The Kier molecular flexibility index (Phi) is 4.55. The summed E-state index contributed by atoms with van der Waals surface area (Å²) in [7, 11) is -3.18. The van der Waals surface area contributed by atoms with E-state index in [-0.39, 0.29) is 22.1 Å². The van der Waals surface area contributed by atoms with Crippen LogP contribution in [0.1, 0.15) is 5.56 Å². The van der Waals surface area contributed by atoms with Crippen LogP contribution in [0.4, 0.5) is 18.9 Å². The number of nitrogen functional groups attached to an aromatic ring is 1. The van der Waals surface area contributed by atoms with E-state index >= 15 is 0 Å². The molecule has 0 aliphatic rings. The highest BCUT2D eigenvalue weighted by Gasteiger charge is 2.33. The summed E-state index contributed by atoms with van der Waals surface area (Å²) in [4.78, 5) is -0.0136. The first-order valence-corrected chi connectivity index (χ1v) is 7.91. The van der Waals surface area contributed by atoms with E-state index in [0.29, 0.717) is 0 Å². The molecular weight excluding hydrogens is 287 g/mol. The molecule has 0 aliphatic carbocycles. The summed E-state index contributed by atoms with van der Waals surface area (Å²) in [6.45, 7) is 0. The average molecular weight is 299 g/mol. The number of alkyl halides is 3. The Morgan fingerprint density at radius 2 is 1.94 bits per heavy atom. The van der Waals surface area contributed by atoms with Gasteiger partial charge in [-0.05, 0) is 18.2 Å². The molecule has 2 N–H and O–H groups in total. The van der Waals surface area contributed by atoms with Crippen LogP contribution in [0.15, 0.2) is 23.1 Å². The second-order valence-electron chi connectivity index (χ2n) is 3.73. The van der Waals surface area contributed by atoms with Crippen molar-refractivity contribution >= 4 is 27.3 Å². The van der Waals surface area contributed by atoms with Crippen molar-refractivity contribution in [3.63, 3.8) is 0 Å².